The molecule has 2 unspecified atom stereocenters. The maximum absolute atomic E-state index is 5.63. The van der Waals surface area contributed by atoms with Crippen LogP contribution in [0.15, 0.2) is 0 Å². The summed E-state index contributed by atoms with van der Waals surface area (Å²) in [6.45, 7) is 7.27. The lowest BCUT2D eigenvalue weighted by atomic mass is 9.99. The van der Waals surface area contributed by atoms with E-state index in [0.717, 1.165) is 24.3 Å². The molecule has 2 heteroatoms. The van der Waals surface area contributed by atoms with Crippen molar-refractivity contribution in [1.29, 1.82) is 0 Å². The summed E-state index contributed by atoms with van der Waals surface area (Å²) < 4.78 is 0. The molecule has 0 spiro atoms. The number of rotatable bonds is 3. The first-order valence-corrected chi connectivity index (χ1v) is 5.72. The molecule has 0 aromatic rings. The molecule has 1 aliphatic carbocycles. The molecule has 0 aromatic carbocycles. The van der Waals surface area contributed by atoms with Gasteiger partial charge in [0.05, 0.1) is 0 Å². The predicted octanol–water partition coefficient (Wildman–Crippen LogP) is 1.31. The van der Waals surface area contributed by atoms with E-state index in [2.05, 4.69) is 11.8 Å². The molecule has 2 atom stereocenters. The minimum absolute atomic E-state index is 0.861. The van der Waals surface area contributed by atoms with Crippen molar-refractivity contribution in [2.45, 2.75) is 26.2 Å². The summed E-state index contributed by atoms with van der Waals surface area (Å²) in [5, 5.41) is 0. The average molecular weight is 182 g/mol. The van der Waals surface area contributed by atoms with Crippen LogP contribution in [-0.4, -0.2) is 31.1 Å². The molecule has 0 bridgehead atoms. The fraction of sp³-hybridized carbons (Fsp3) is 1.00. The van der Waals surface area contributed by atoms with E-state index in [1.807, 2.05) is 0 Å². The van der Waals surface area contributed by atoms with Crippen LogP contribution in [0.4, 0.5) is 0 Å². The van der Waals surface area contributed by atoms with Crippen LogP contribution in [0.5, 0.6) is 0 Å². The van der Waals surface area contributed by atoms with E-state index in [-0.39, 0.29) is 0 Å². The Bertz CT molecular complexity index is 161. The Morgan fingerprint density at radius 2 is 1.92 bits per heavy atom. The van der Waals surface area contributed by atoms with Crippen molar-refractivity contribution in [3.05, 3.63) is 0 Å². The molecule has 2 nitrogen and oxygen atoms in total. The fourth-order valence-electron chi connectivity index (χ4n) is 2.40. The van der Waals surface area contributed by atoms with Crippen LogP contribution in [0.3, 0.4) is 0 Å². The second-order valence-electron chi connectivity index (χ2n) is 4.97. The fourth-order valence-corrected chi connectivity index (χ4v) is 2.40. The van der Waals surface area contributed by atoms with E-state index in [1.165, 1.54) is 38.9 Å². The molecule has 0 radical (unpaired) electrons. The molecule has 1 heterocycles. The maximum Gasteiger partial charge on any atom is 0.00129 e. The van der Waals surface area contributed by atoms with E-state index in [0.29, 0.717) is 0 Å². The largest absolute Gasteiger partial charge is 0.330 e. The first-order chi connectivity index (χ1) is 6.29. The Hall–Kier alpha value is -0.0800. The zero-order valence-electron chi connectivity index (χ0n) is 8.71. The standard InChI is InChI=1S/C11H22N2/c1-9-2-4-13(5-3-9)8-11-6-10(11)7-12/h9-11H,2-8,12H2,1H3. The van der Waals surface area contributed by atoms with Gasteiger partial charge in [0, 0.05) is 6.54 Å². The summed E-state index contributed by atoms with van der Waals surface area (Å²) in [6.07, 6.45) is 4.20. The van der Waals surface area contributed by atoms with Crippen LogP contribution in [0.1, 0.15) is 26.2 Å². The number of nitrogens with two attached hydrogens (primary N) is 1. The summed E-state index contributed by atoms with van der Waals surface area (Å²) in [7, 11) is 0. The lowest BCUT2D eigenvalue weighted by molar-refractivity contribution is 0.183. The Kier molecular flexibility index (Phi) is 2.89. The molecule has 0 amide bonds. The van der Waals surface area contributed by atoms with Gasteiger partial charge >= 0.3 is 0 Å². The van der Waals surface area contributed by atoms with Crippen LogP contribution in [-0.2, 0) is 0 Å². The van der Waals surface area contributed by atoms with Crippen molar-refractivity contribution in [1.82, 2.24) is 4.90 Å². The zero-order valence-corrected chi connectivity index (χ0v) is 8.71. The van der Waals surface area contributed by atoms with Gasteiger partial charge in [0.2, 0.25) is 0 Å². The van der Waals surface area contributed by atoms with Crippen molar-refractivity contribution in [3.63, 3.8) is 0 Å². The maximum atomic E-state index is 5.63. The summed E-state index contributed by atoms with van der Waals surface area (Å²) >= 11 is 0. The normalized spacial score (nSPS) is 36.5. The topological polar surface area (TPSA) is 29.3 Å². The Balaban J connectivity index is 1.66. The van der Waals surface area contributed by atoms with E-state index in [9.17, 15) is 0 Å². The molecule has 2 aliphatic rings. The van der Waals surface area contributed by atoms with Crippen LogP contribution in [0.2, 0.25) is 0 Å². The van der Waals surface area contributed by atoms with Gasteiger partial charge in [0.1, 0.15) is 0 Å². The third-order valence-corrected chi connectivity index (χ3v) is 3.74. The number of piperidine rings is 1. The highest BCUT2D eigenvalue weighted by Crippen LogP contribution is 2.38. The number of likely N-dealkylation sites (tertiary alicyclic amines) is 1. The van der Waals surface area contributed by atoms with Gasteiger partial charge in [-0.25, -0.2) is 0 Å². The van der Waals surface area contributed by atoms with Gasteiger partial charge in [-0.15, -0.1) is 0 Å². The Morgan fingerprint density at radius 3 is 2.46 bits per heavy atom. The first-order valence-electron chi connectivity index (χ1n) is 5.72. The van der Waals surface area contributed by atoms with Crippen molar-refractivity contribution in [2.24, 2.45) is 23.5 Å². The van der Waals surface area contributed by atoms with Gasteiger partial charge in [0.15, 0.2) is 0 Å². The van der Waals surface area contributed by atoms with Crippen LogP contribution >= 0.6 is 0 Å². The summed E-state index contributed by atoms with van der Waals surface area (Å²) in [5.74, 6) is 2.76. The number of hydrogen-bond acceptors (Lipinski definition) is 2. The SMILES string of the molecule is CC1CCN(CC2CC2CN)CC1. The van der Waals surface area contributed by atoms with Crippen molar-refractivity contribution < 1.29 is 0 Å². The van der Waals surface area contributed by atoms with Crippen molar-refractivity contribution in [3.8, 4) is 0 Å². The quantitative estimate of drug-likeness (QED) is 0.713. The number of hydrogen-bond donors (Lipinski definition) is 1. The van der Waals surface area contributed by atoms with E-state index in [1.54, 1.807) is 0 Å². The molecule has 1 aliphatic heterocycles. The second kappa shape index (κ2) is 3.97. The third-order valence-electron chi connectivity index (χ3n) is 3.74. The predicted molar refractivity (Wildman–Crippen MR) is 55.5 cm³/mol. The van der Waals surface area contributed by atoms with Crippen LogP contribution in [0.25, 0.3) is 0 Å². The van der Waals surface area contributed by atoms with Gasteiger partial charge in [-0.05, 0) is 56.7 Å². The monoisotopic (exact) mass is 182 g/mol. The van der Waals surface area contributed by atoms with Crippen molar-refractivity contribution >= 4 is 0 Å². The molecule has 13 heavy (non-hydrogen) atoms. The molecular weight excluding hydrogens is 160 g/mol. The smallest absolute Gasteiger partial charge is 0.00129 e. The second-order valence-corrected chi connectivity index (χ2v) is 4.97. The van der Waals surface area contributed by atoms with Gasteiger partial charge in [-0.2, -0.15) is 0 Å². The van der Waals surface area contributed by atoms with Gasteiger partial charge < -0.3 is 10.6 Å². The summed E-state index contributed by atoms with van der Waals surface area (Å²) in [5.41, 5.74) is 5.63. The first kappa shape index (κ1) is 9.47. The summed E-state index contributed by atoms with van der Waals surface area (Å²) in [6, 6.07) is 0. The molecule has 76 valence electrons. The highest BCUT2D eigenvalue weighted by Gasteiger charge is 2.36. The lowest BCUT2D eigenvalue weighted by Gasteiger charge is -2.30. The molecule has 0 aromatic heterocycles. The molecule has 1 saturated heterocycles. The minimum atomic E-state index is 0.861. The van der Waals surface area contributed by atoms with E-state index >= 15 is 0 Å². The van der Waals surface area contributed by atoms with Gasteiger partial charge in [-0.3, -0.25) is 0 Å². The Labute approximate surface area is 81.5 Å². The Morgan fingerprint density at radius 1 is 1.23 bits per heavy atom. The highest BCUT2D eigenvalue weighted by molar-refractivity contribution is 4.89. The summed E-state index contributed by atoms with van der Waals surface area (Å²) in [4.78, 5) is 2.64. The lowest BCUT2D eigenvalue weighted by Crippen LogP contribution is -2.34. The molecular formula is C11H22N2. The van der Waals surface area contributed by atoms with Crippen LogP contribution < -0.4 is 5.73 Å². The molecule has 2 rings (SSSR count). The molecule has 1 saturated carbocycles. The van der Waals surface area contributed by atoms with E-state index < -0.39 is 0 Å². The highest BCUT2D eigenvalue weighted by atomic mass is 15.1. The third kappa shape index (κ3) is 2.44. The van der Waals surface area contributed by atoms with Gasteiger partial charge in [-0.1, -0.05) is 6.92 Å². The van der Waals surface area contributed by atoms with Gasteiger partial charge in [0.25, 0.3) is 0 Å². The van der Waals surface area contributed by atoms with E-state index in [4.69, 9.17) is 5.73 Å². The molecule has 2 fully saturated rings. The molecule has 2 N–H and O–H groups in total. The van der Waals surface area contributed by atoms with Crippen molar-refractivity contribution in [2.75, 3.05) is 26.2 Å². The van der Waals surface area contributed by atoms with Crippen LogP contribution in [0, 0.1) is 17.8 Å². The zero-order chi connectivity index (χ0) is 9.26. The minimum Gasteiger partial charge on any atom is -0.330 e. The average Bonchev–Trinajstić information content (AvgIpc) is 2.88. The number of nitrogens with zero attached hydrogens (tertiary/aromatic N) is 1.